The van der Waals surface area contributed by atoms with E-state index in [1.807, 2.05) is 6.92 Å². The van der Waals surface area contributed by atoms with E-state index >= 15 is 0 Å². The molecule has 0 aliphatic carbocycles. The first kappa shape index (κ1) is 12.8. The summed E-state index contributed by atoms with van der Waals surface area (Å²) in [6, 6.07) is 8.34. The first-order valence-electron chi connectivity index (χ1n) is 5.96. The van der Waals surface area contributed by atoms with Crippen molar-refractivity contribution in [1.82, 2.24) is 5.43 Å². The maximum Gasteiger partial charge on any atom is 0.194 e. The summed E-state index contributed by atoms with van der Waals surface area (Å²) in [4.78, 5) is 2.06. The van der Waals surface area contributed by atoms with Gasteiger partial charge >= 0.3 is 0 Å². The van der Waals surface area contributed by atoms with E-state index < -0.39 is 0 Å². The Morgan fingerprint density at radius 1 is 1.39 bits per heavy atom. The van der Waals surface area contributed by atoms with Gasteiger partial charge in [-0.1, -0.05) is 23.8 Å². The number of hydrogen-bond acceptors (Lipinski definition) is 2. The Kier molecular flexibility index (Phi) is 3.77. The highest BCUT2D eigenvalue weighted by Gasteiger charge is 2.19. The number of aryl methyl sites for hydroxylation is 1. The predicted molar refractivity (Wildman–Crippen MR) is 81.1 cm³/mol. The molecule has 0 aromatic heterocycles. The van der Waals surface area contributed by atoms with E-state index in [0.717, 1.165) is 11.4 Å². The molecular weight excluding hydrogens is 242 g/mol. The Morgan fingerprint density at radius 3 is 2.67 bits per heavy atom. The predicted octanol–water partition coefficient (Wildman–Crippen LogP) is 3.01. The van der Waals surface area contributed by atoms with Crippen LogP contribution in [0.3, 0.4) is 0 Å². The van der Waals surface area contributed by atoms with Crippen LogP contribution in [-0.2, 0) is 0 Å². The summed E-state index contributed by atoms with van der Waals surface area (Å²) in [5.41, 5.74) is 7.44. The zero-order valence-electron chi connectivity index (χ0n) is 10.9. The molecule has 18 heavy (non-hydrogen) atoms. The van der Waals surface area contributed by atoms with E-state index in [1.54, 1.807) is 0 Å². The zero-order chi connectivity index (χ0) is 13.1. The summed E-state index contributed by atoms with van der Waals surface area (Å²) in [7, 11) is 0. The fourth-order valence-corrected chi connectivity index (χ4v) is 1.96. The van der Waals surface area contributed by atoms with Crippen molar-refractivity contribution in [1.29, 1.82) is 0 Å². The normalized spacial score (nSPS) is 16.4. The van der Waals surface area contributed by atoms with Crippen molar-refractivity contribution in [3.63, 3.8) is 0 Å². The molecule has 0 saturated heterocycles. The monoisotopic (exact) mass is 259 g/mol. The molecule has 2 rings (SSSR count). The van der Waals surface area contributed by atoms with Crippen LogP contribution in [0.4, 0.5) is 5.69 Å². The lowest BCUT2D eigenvalue weighted by Crippen LogP contribution is -2.46. The summed E-state index contributed by atoms with van der Waals surface area (Å²) in [6.45, 7) is 6.86. The van der Waals surface area contributed by atoms with Crippen molar-refractivity contribution >= 4 is 28.7 Å². The Labute approximate surface area is 113 Å². The molecule has 0 unspecified atom stereocenters. The van der Waals surface area contributed by atoms with E-state index in [9.17, 15) is 0 Å². The van der Waals surface area contributed by atoms with Crippen molar-refractivity contribution in [2.45, 2.75) is 20.8 Å². The van der Waals surface area contributed by atoms with Crippen molar-refractivity contribution in [3.05, 3.63) is 41.5 Å². The lowest BCUT2D eigenvalue weighted by Gasteiger charge is -2.29. The first-order chi connectivity index (χ1) is 8.61. The highest BCUT2D eigenvalue weighted by Crippen LogP contribution is 2.18. The second-order valence-electron chi connectivity index (χ2n) is 4.37. The maximum absolute atomic E-state index is 5.31. The molecule has 1 N–H and O–H groups in total. The van der Waals surface area contributed by atoms with Gasteiger partial charge in [-0.15, -0.1) is 0 Å². The maximum atomic E-state index is 5.31. The van der Waals surface area contributed by atoms with Gasteiger partial charge in [-0.3, -0.25) is 5.43 Å². The Hall–Kier alpha value is -1.68. The van der Waals surface area contributed by atoms with Gasteiger partial charge in [-0.25, -0.2) is 0 Å². The molecule has 1 aromatic carbocycles. The molecule has 3 nitrogen and oxygen atoms in total. The summed E-state index contributed by atoms with van der Waals surface area (Å²) >= 11 is 5.31. The largest absolute Gasteiger partial charge is 0.312 e. The van der Waals surface area contributed by atoms with Crippen LogP contribution in [0.25, 0.3) is 0 Å². The van der Waals surface area contributed by atoms with E-state index in [2.05, 4.69) is 59.6 Å². The van der Waals surface area contributed by atoms with Gasteiger partial charge in [-0.05, 0) is 50.7 Å². The van der Waals surface area contributed by atoms with E-state index in [4.69, 9.17) is 12.2 Å². The van der Waals surface area contributed by atoms with E-state index in [0.29, 0.717) is 11.7 Å². The Balaban J connectivity index is 2.26. The first-order valence-corrected chi connectivity index (χ1v) is 6.36. The van der Waals surface area contributed by atoms with Gasteiger partial charge < -0.3 is 4.90 Å². The fraction of sp³-hybridized carbons (Fsp3) is 0.286. The number of hydrazone groups is 1. The molecule has 0 fully saturated rings. The minimum Gasteiger partial charge on any atom is -0.312 e. The Morgan fingerprint density at radius 2 is 2.06 bits per heavy atom. The van der Waals surface area contributed by atoms with Crippen LogP contribution in [0.5, 0.6) is 0 Å². The molecule has 1 heterocycles. The zero-order valence-corrected chi connectivity index (χ0v) is 11.7. The van der Waals surface area contributed by atoms with Gasteiger partial charge in [0.1, 0.15) is 0 Å². The average Bonchev–Trinajstić information content (AvgIpc) is 2.39. The number of nitrogens with one attached hydrogen (secondary N) is 1. The molecule has 0 amide bonds. The number of allylic oxidation sites excluding steroid dienone is 1. The third kappa shape index (κ3) is 2.59. The lowest BCUT2D eigenvalue weighted by molar-refractivity contribution is 0.941. The number of nitrogens with zero attached hydrogens (tertiary/aromatic N) is 2. The molecule has 0 spiro atoms. The highest BCUT2D eigenvalue weighted by atomic mass is 32.1. The summed E-state index contributed by atoms with van der Waals surface area (Å²) in [6.07, 6.45) is 2.06. The molecule has 1 aromatic rings. The van der Waals surface area contributed by atoms with Gasteiger partial charge in [0.05, 0.1) is 12.3 Å². The van der Waals surface area contributed by atoms with Crippen molar-refractivity contribution in [2.75, 3.05) is 11.4 Å². The molecule has 94 valence electrons. The molecule has 0 bridgehead atoms. The number of benzene rings is 1. The molecular formula is C14H17N3S. The van der Waals surface area contributed by atoms with Crippen LogP contribution >= 0.6 is 12.2 Å². The summed E-state index contributed by atoms with van der Waals surface area (Å²) in [5, 5.41) is 4.93. The van der Waals surface area contributed by atoms with Crippen LogP contribution in [0.2, 0.25) is 0 Å². The van der Waals surface area contributed by atoms with E-state index in [1.165, 1.54) is 11.1 Å². The number of anilines is 1. The van der Waals surface area contributed by atoms with Crippen LogP contribution in [0, 0.1) is 6.92 Å². The standard InChI is InChI=1S/C14H17N3S/c1-4-11(3)13-9-17(14(18)16-15-13)12-7-5-10(2)6-8-12/h4-8H,9H2,1-3H3,(H,16,18)/b11-4+. The van der Waals surface area contributed by atoms with Gasteiger partial charge in [0.2, 0.25) is 0 Å². The van der Waals surface area contributed by atoms with E-state index in [-0.39, 0.29) is 0 Å². The summed E-state index contributed by atoms with van der Waals surface area (Å²) in [5.74, 6) is 0. The van der Waals surface area contributed by atoms with Crippen molar-refractivity contribution in [2.24, 2.45) is 5.10 Å². The molecule has 1 aliphatic heterocycles. The quantitative estimate of drug-likeness (QED) is 0.827. The van der Waals surface area contributed by atoms with Crippen molar-refractivity contribution in [3.8, 4) is 0 Å². The van der Waals surface area contributed by atoms with Gasteiger partial charge in [0, 0.05) is 5.69 Å². The number of hydrogen-bond donors (Lipinski definition) is 1. The van der Waals surface area contributed by atoms with Crippen LogP contribution < -0.4 is 10.3 Å². The fourth-order valence-electron chi connectivity index (χ4n) is 1.75. The van der Waals surface area contributed by atoms with Gasteiger partial charge in [-0.2, -0.15) is 5.10 Å². The topological polar surface area (TPSA) is 27.6 Å². The van der Waals surface area contributed by atoms with Crippen molar-refractivity contribution < 1.29 is 0 Å². The van der Waals surface area contributed by atoms with Crippen LogP contribution in [0.15, 0.2) is 41.0 Å². The third-order valence-corrected chi connectivity index (χ3v) is 3.39. The average molecular weight is 259 g/mol. The third-order valence-electron chi connectivity index (χ3n) is 3.07. The molecule has 0 atom stereocenters. The molecule has 4 heteroatoms. The second-order valence-corrected chi connectivity index (χ2v) is 4.76. The van der Waals surface area contributed by atoms with Gasteiger partial charge in [0.25, 0.3) is 0 Å². The number of rotatable bonds is 2. The molecule has 0 saturated carbocycles. The molecule has 1 aliphatic rings. The molecule has 0 radical (unpaired) electrons. The lowest BCUT2D eigenvalue weighted by atomic mass is 10.1. The SMILES string of the molecule is C/C=C(\C)C1=NNC(=S)N(c2ccc(C)cc2)C1. The Bertz CT molecular complexity index is 514. The number of thiocarbonyl (C=S) groups is 1. The minimum absolute atomic E-state index is 0.645. The minimum atomic E-state index is 0.645. The summed E-state index contributed by atoms with van der Waals surface area (Å²) < 4.78 is 0. The smallest absolute Gasteiger partial charge is 0.194 e. The second kappa shape index (κ2) is 5.31. The van der Waals surface area contributed by atoms with Crippen LogP contribution in [-0.4, -0.2) is 17.4 Å². The highest BCUT2D eigenvalue weighted by molar-refractivity contribution is 7.80. The van der Waals surface area contributed by atoms with Crippen LogP contribution in [0.1, 0.15) is 19.4 Å². The van der Waals surface area contributed by atoms with Gasteiger partial charge in [0.15, 0.2) is 5.11 Å².